The molecular formula is C14H10IN3O3. The van der Waals surface area contributed by atoms with Gasteiger partial charge >= 0.3 is 0 Å². The van der Waals surface area contributed by atoms with Crippen LogP contribution in [0, 0.1) is 10.5 Å². The van der Waals surface area contributed by atoms with Gasteiger partial charge in [0.05, 0.1) is 16.8 Å². The highest BCUT2D eigenvalue weighted by Gasteiger charge is 2.31. The Morgan fingerprint density at radius 3 is 2.52 bits per heavy atom. The summed E-state index contributed by atoms with van der Waals surface area (Å²) < 4.78 is 2.20. The summed E-state index contributed by atoms with van der Waals surface area (Å²) in [7, 11) is 0. The molecule has 1 aliphatic rings. The quantitative estimate of drug-likeness (QED) is 0.561. The number of nitrogens with zero attached hydrogens (tertiary/aromatic N) is 1. The number of aromatic nitrogens is 1. The number of benzene rings is 1. The molecule has 0 unspecified atom stereocenters. The zero-order valence-electron chi connectivity index (χ0n) is 10.9. The summed E-state index contributed by atoms with van der Waals surface area (Å²) in [6.07, 6.45) is 0. The number of carbonyl (C=O) groups excluding carboxylic acids is 2. The first-order chi connectivity index (χ1) is 9.90. The third kappa shape index (κ3) is 2.04. The van der Waals surface area contributed by atoms with E-state index in [9.17, 15) is 14.4 Å². The Morgan fingerprint density at radius 1 is 1.14 bits per heavy atom. The van der Waals surface area contributed by atoms with Crippen LogP contribution in [-0.2, 0) is 0 Å². The summed E-state index contributed by atoms with van der Waals surface area (Å²) in [6.45, 7) is 1.95. The number of carbonyl (C=O) groups is 2. The molecule has 0 bridgehead atoms. The molecular weight excluding hydrogens is 385 g/mol. The molecule has 2 heterocycles. The van der Waals surface area contributed by atoms with Gasteiger partial charge in [-0.1, -0.05) is 6.07 Å². The smallest absolute Gasteiger partial charge is 0.262 e. The van der Waals surface area contributed by atoms with Crippen molar-refractivity contribution < 1.29 is 9.59 Å². The fourth-order valence-corrected chi connectivity index (χ4v) is 2.77. The van der Waals surface area contributed by atoms with Crippen LogP contribution in [0.4, 0.5) is 5.82 Å². The lowest BCUT2D eigenvalue weighted by atomic mass is 10.1. The van der Waals surface area contributed by atoms with E-state index in [-0.39, 0.29) is 16.9 Å². The normalized spacial score (nSPS) is 13.2. The van der Waals surface area contributed by atoms with Crippen molar-refractivity contribution in [3.05, 3.63) is 54.9 Å². The summed E-state index contributed by atoms with van der Waals surface area (Å²) in [6, 6.07) is 6.55. The molecule has 2 aromatic rings. The van der Waals surface area contributed by atoms with Gasteiger partial charge < -0.3 is 5.73 Å². The minimum atomic E-state index is -0.593. The molecule has 0 spiro atoms. The van der Waals surface area contributed by atoms with Gasteiger partial charge in [-0.3, -0.25) is 24.3 Å². The molecule has 0 fully saturated rings. The van der Waals surface area contributed by atoms with E-state index in [2.05, 4.69) is 27.9 Å². The van der Waals surface area contributed by atoms with Crippen molar-refractivity contribution in [2.45, 2.75) is 6.92 Å². The lowest BCUT2D eigenvalue weighted by Gasteiger charge is -2.12. The van der Waals surface area contributed by atoms with Gasteiger partial charge in [0.15, 0.2) is 0 Å². The largest absolute Gasteiger partial charge is 0.384 e. The highest BCUT2D eigenvalue weighted by molar-refractivity contribution is 14.1. The van der Waals surface area contributed by atoms with E-state index in [4.69, 9.17) is 5.73 Å². The average Bonchev–Trinajstić information content (AvgIpc) is 2.69. The molecule has 6 nitrogen and oxygen atoms in total. The maximum absolute atomic E-state index is 12.2. The van der Waals surface area contributed by atoms with Gasteiger partial charge in [0.1, 0.15) is 5.82 Å². The molecule has 1 aromatic heterocycles. The molecule has 0 radical (unpaired) electrons. The van der Waals surface area contributed by atoms with Gasteiger partial charge in [-0.25, -0.2) is 0 Å². The van der Waals surface area contributed by atoms with Crippen molar-refractivity contribution in [1.82, 2.24) is 9.88 Å². The van der Waals surface area contributed by atoms with Crippen LogP contribution in [0.1, 0.15) is 26.3 Å². The van der Waals surface area contributed by atoms with E-state index in [1.54, 1.807) is 12.1 Å². The molecule has 0 saturated heterocycles. The Bertz CT molecular complexity index is 870. The minimum absolute atomic E-state index is 0.0273. The van der Waals surface area contributed by atoms with E-state index in [1.165, 1.54) is 4.57 Å². The number of nitrogens with one attached hydrogen (secondary N) is 1. The van der Waals surface area contributed by atoms with Crippen LogP contribution in [0.25, 0.3) is 5.69 Å². The molecule has 3 rings (SSSR count). The fourth-order valence-electron chi connectivity index (χ4n) is 2.27. The topological polar surface area (TPSA) is 94.2 Å². The average molecular weight is 395 g/mol. The number of pyridine rings is 1. The summed E-state index contributed by atoms with van der Waals surface area (Å²) in [5.74, 6) is -1.20. The second-order valence-electron chi connectivity index (χ2n) is 4.71. The number of nitrogen functional groups attached to an aromatic ring is 1. The van der Waals surface area contributed by atoms with Gasteiger partial charge in [-0.2, -0.15) is 0 Å². The van der Waals surface area contributed by atoms with Crippen molar-refractivity contribution in [2.24, 2.45) is 0 Å². The van der Waals surface area contributed by atoms with Crippen LogP contribution in [0.15, 0.2) is 29.1 Å². The molecule has 2 amide bonds. The van der Waals surface area contributed by atoms with Gasteiger partial charge in [0.2, 0.25) is 0 Å². The van der Waals surface area contributed by atoms with Crippen molar-refractivity contribution in [1.29, 1.82) is 0 Å². The number of anilines is 1. The van der Waals surface area contributed by atoms with Gasteiger partial charge in [-0.15, -0.1) is 0 Å². The van der Waals surface area contributed by atoms with Gasteiger partial charge in [0.25, 0.3) is 17.4 Å². The molecule has 106 valence electrons. The number of fused-ring (bicyclic) bond motifs is 1. The van der Waals surface area contributed by atoms with Crippen LogP contribution < -0.4 is 16.6 Å². The summed E-state index contributed by atoms with van der Waals surface area (Å²) in [5, 5.41) is 2.14. The molecule has 1 aliphatic heterocycles. The predicted octanol–water partition coefficient (Wildman–Crippen LogP) is 1.22. The Kier molecular flexibility index (Phi) is 3.08. The highest BCUT2D eigenvalue weighted by atomic mass is 127. The number of amides is 2. The zero-order valence-corrected chi connectivity index (χ0v) is 13.1. The van der Waals surface area contributed by atoms with Crippen LogP contribution in [0.5, 0.6) is 0 Å². The minimum Gasteiger partial charge on any atom is -0.384 e. The number of imide groups is 1. The number of aryl methyl sites for hydroxylation is 1. The van der Waals surface area contributed by atoms with Crippen molar-refractivity contribution in [2.75, 3.05) is 5.73 Å². The first-order valence-corrected chi connectivity index (χ1v) is 7.15. The van der Waals surface area contributed by atoms with Crippen LogP contribution in [0.3, 0.4) is 0 Å². The van der Waals surface area contributed by atoms with Gasteiger partial charge in [-0.05, 0) is 47.2 Å². The van der Waals surface area contributed by atoms with Crippen LogP contribution >= 0.6 is 22.6 Å². The van der Waals surface area contributed by atoms with Crippen LogP contribution in [0.2, 0.25) is 0 Å². The molecule has 0 aliphatic carbocycles. The number of hydrogen-bond acceptors (Lipinski definition) is 4. The molecule has 3 N–H and O–H groups in total. The lowest BCUT2D eigenvalue weighted by molar-refractivity contribution is 0.0880. The number of hydrogen-bond donors (Lipinski definition) is 2. The van der Waals surface area contributed by atoms with Crippen molar-refractivity contribution >= 4 is 40.2 Å². The third-order valence-corrected chi connectivity index (χ3v) is 4.53. The fraction of sp³-hybridized carbons (Fsp3) is 0.0714. The first-order valence-electron chi connectivity index (χ1n) is 6.08. The van der Waals surface area contributed by atoms with Crippen LogP contribution in [-0.4, -0.2) is 16.4 Å². The SMILES string of the molecule is Cc1ccc(-n2c(N)c3c(cc2=O)C(=O)NC3=O)cc1I. The molecule has 0 atom stereocenters. The Hall–Kier alpha value is -2.16. The summed E-state index contributed by atoms with van der Waals surface area (Å²) in [4.78, 5) is 35.6. The number of nitrogens with two attached hydrogens (primary N) is 1. The molecule has 0 saturated carbocycles. The van der Waals surface area contributed by atoms with E-state index < -0.39 is 17.4 Å². The Morgan fingerprint density at radius 2 is 1.86 bits per heavy atom. The Labute approximate surface area is 133 Å². The number of halogens is 1. The highest BCUT2D eigenvalue weighted by Crippen LogP contribution is 2.24. The van der Waals surface area contributed by atoms with Crippen molar-refractivity contribution in [3.63, 3.8) is 0 Å². The maximum atomic E-state index is 12.2. The summed E-state index contributed by atoms with van der Waals surface area (Å²) >= 11 is 2.15. The first kappa shape index (κ1) is 13.8. The van der Waals surface area contributed by atoms with E-state index in [0.717, 1.165) is 15.2 Å². The zero-order chi connectivity index (χ0) is 15.3. The second kappa shape index (κ2) is 4.69. The van der Waals surface area contributed by atoms with E-state index >= 15 is 0 Å². The molecule has 21 heavy (non-hydrogen) atoms. The maximum Gasteiger partial charge on any atom is 0.262 e. The monoisotopic (exact) mass is 395 g/mol. The standard InChI is InChI=1S/C14H10IN3O3/c1-6-2-3-7(4-9(6)15)18-10(19)5-8-11(12(18)16)14(21)17-13(8)20/h2-5H,16H2,1H3,(H,17,20,21). The summed E-state index contributed by atoms with van der Waals surface area (Å²) in [5.41, 5.74) is 7.21. The Balaban J connectivity index is 2.32. The van der Waals surface area contributed by atoms with E-state index in [1.807, 2.05) is 13.0 Å². The van der Waals surface area contributed by atoms with E-state index in [0.29, 0.717) is 5.69 Å². The molecule has 7 heteroatoms. The van der Waals surface area contributed by atoms with Crippen molar-refractivity contribution in [3.8, 4) is 5.69 Å². The van der Waals surface area contributed by atoms with Gasteiger partial charge in [0, 0.05) is 9.64 Å². The molecule has 1 aromatic carbocycles. The third-order valence-electron chi connectivity index (χ3n) is 3.37. The lowest BCUT2D eigenvalue weighted by Crippen LogP contribution is -2.24. The predicted molar refractivity (Wildman–Crippen MR) is 85.7 cm³/mol. The number of rotatable bonds is 1. The second-order valence-corrected chi connectivity index (χ2v) is 5.87.